The minimum Gasteiger partial charge on any atom is -0.494 e. The van der Waals surface area contributed by atoms with Gasteiger partial charge in [-0.15, -0.1) is 0 Å². The summed E-state index contributed by atoms with van der Waals surface area (Å²) in [5.74, 6) is 2.34. The maximum Gasteiger partial charge on any atom is 0.243 e. The molecule has 0 saturated carbocycles. The van der Waals surface area contributed by atoms with E-state index in [4.69, 9.17) is 9.72 Å². The molecule has 2 aromatic rings. The lowest BCUT2D eigenvalue weighted by Gasteiger charge is -2.36. The van der Waals surface area contributed by atoms with E-state index in [1.807, 2.05) is 26.8 Å². The van der Waals surface area contributed by atoms with Crippen molar-refractivity contribution in [2.45, 2.75) is 25.7 Å². The number of benzene rings is 1. The molecule has 0 atom stereocenters. The van der Waals surface area contributed by atoms with E-state index in [0.717, 1.165) is 43.3 Å². The number of hydrogen-bond donors (Lipinski definition) is 0. The van der Waals surface area contributed by atoms with E-state index in [9.17, 15) is 8.42 Å². The third kappa shape index (κ3) is 5.23. The molecule has 0 N–H and O–H groups in total. The number of rotatable bonds is 6. The lowest BCUT2D eigenvalue weighted by atomic mass is 10.2. The predicted octanol–water partition coefficient (Wildman–Crippen LogP) is 1.75. The minimum atomic E-state index is -3.56. The molecule has 3 heterocycles. The Bertz CT molecular complexity index is 1080. The van der Waals surface area contributed by atoms with Gasteiger partial charge in [0.2, 0.25) is 16.0 Å². The number of hydrogen-bond acceptors (Lipinski definition) is 8. The Balaban J connectivity index is 1.45. The highest BCUT2D eigenvalue weighted by atomic mass is 32.2. The predicted molar refractivity (Wildman–Crippen MR) is 130 cm³/mol. The maximum absolute atomic E-state index is 13.2. The zero-order valence-electron chi connectivity index (χ0n) is 20.0. The lowest BCUT2D eigenvalue weighted by molar-refractivity contribution is 0.312. The first-order chi connectivity index (χ1) is 15.8. The fourth-order valence-corrected chi connectivity index (χ4v) is 5.76. The van der Waals surface area contributed by atoms with E-state index in [-0.39, 0.29) is 0 Å². The summed E-state index contributed by atoms with van der Waals surface area (Å²) in [5, 5.41) is 0. The summed E-state index contributed by atoms with van der Waals surface area (Å²) >= 11 is 0. The molecular weight excluding hydrogens is 440 g/mol. The molecule has 180 valence electrons. The van der Waals surface area contributed by atoms with Crippen LogP contribution in [0.3, 0.4) is 0 Å². The zero-order chi connectivity index (χ0) is 23.6. The summed E-state index contributed by atoms with van der Waals surface area (Å²) in [5.41, 5.74) is 1.75. The molecule has 0 spiro atoms. The number of anilines is 2. The second kappa shape index (κ2) is 9.82. The topological polar surface area (TPSA) is 82.1 Å². The van der Waals surface area contributed by atoms with Crippen molar-refractivity contribution in [3.05, 3.63) is 35.5 Å². The summed E-state index contributed by atoms with van der Waals surface area (Å²) in [4.78, 5) is 16.5. The first-order valence-corrected chi connectivity index (χ1v) is 13.0. The Hall–Kier alpha value is -2.43. The summed E-state index contributed by atoms with van der Waals surface area (Å²) in [6.07, 6.45) is 0. The van der Waals surface area contributed by atoms with Crippen molar-refractivity contribution in [2.24, 2.45) is 0 Å². The zero-order valence-corrected chi connectivity index (χ0v) is 20.8. The van der Waals surface area contributed by atoms with E-state index >= 15 is 0 Å². The quantitative estimate of drug-likeness (QED) is 0.626. The average molecular weight is 475 g/mol. The first kappa shape index (κ1) is 23.7. The van der Waals surface area contributed by atoms with Crippen LogP contribution in [-0.2, 0) is 10.0 Å². The molecule has 0 amide bonds. The van der Waals surface area contributed by atoms with Crippen LogP contribution in [0.2, 0.25) is 0 Å². The highest BCUT2D eigenvalue weighted by molar-refractivity contribution is 7.89. The summed E-state index contributed by atoms with van der Waals surface area (Å²) in [7, 11) is -1.43. The number of piperazine rings is 2. The third-order valence-corrected chi connectivity index (χ3v) is 8.16. The van der Waals surface area contributed by atoms with Gasteiger partial charge in [0.1, 0.15) is 11.6 Å². The Morgan fingerprint density at radius 2 is 1.58 bits per heavy atom. The van der Waals surface area contributed by atoms with Crippen molar-refractivity contribution >= 4 is 21.8 Å². The summed E-state index contributed by atoms with van der Waals surface area (Å²) < 4.78 is 33.5. The van der Waals surface area contributed by atoms with E-state index < -0.39 is 10.0 Å². The fourth-order valence-electron chi connectivity index (χ4n) is 4.25. The number of likely N-dealkylation sites (N-methyl/N-ethyl adjacent to an activating group) is 1. The van der Waals surface area contributed by atoms with Gasteiger partial charge in [-0.05, 0) is 51.6 Å². The van der Waals surface area contributed by atoms with E-state index in [1.165, 1.54) is 0 Å². The molecule has 2 aliphatic rings. The molecule has 0 bridgehead atoms. The molecule has 1 aromatic heterocycles. The van der Waals surface area contributed by atoms with Crippen LogP contribution >= 0.6 is 0 Å². The lowest BCUT2D eigenvalue weighted by Crippen LogP contribution is -2.49. The molecule has 10 heteroatoms. The largest absolute Gasteiger partial charge is 0.494 e. The standard InChI is InChI=1S/C23H34N6O3S/c1-5-32-21-7-6-20(16-18(21)2)33(30,31)29-14-12-28(13-15-29)23-24-19(3)17-22(25-23)27-10-8-26(4)9-11-27/h6-7,16-17H,5,8-15H2,1-4H3. The number of nitrogens with zero attached hydrogens (tertiary/aromatic N) is 6. The van der Waals surface area contributed by atoms with Crippen molar-refractivity contribution in [1.82, 2.24) is 19.2 Å². The summed E-state index contributed by atoms with van der Waals surface area (Å²) in [6.45, 7) is 12.1. The SMILES string of the molecule is CCOc1ccc(S(=O)(=O)N2CCN(c3nc(C)cc(N4CCN(C)CC4)n3)CC2)cc1C. The van der Waals surface area contributed by atoms with Gasteiger partial charge in [0, 0.05) is 64.1 Å². The van der Waals surface area contributed by atoms with Gasteiger partial charge in [-0.1, -0.05) is 0 Å². The molecule has 2 saturated heterocycles. The van der Waals surface area contributed by atoms with Gasteiger partial charge < -0.3 is 19.4 Å². The van der Waals surface area contributed by atoms with Crippen LogP contribution in [0.5, 0.6) is 5.75 Å². The minimum absolute atomic E-state index is 0.307. The van der Waals surface area contributed by atoms with Crippen LogP contribution < -0.4 is 14.5 Å². The molecule has 2 aliphatic heterocycles. The van der Waals surface area contributed by atoms with E-state index in [1.54, 1.807) is 22.5 Å². The average Bonchev–Trinajstić information content (AvgIpc) is 2.80. The van der Waals surface area contributed by atoms with E-state index in [2.05, 4.69) is 26.7 Å². The molecule has 9 nitrogen and oxygen atoms in total. The highest BCUT2D eigenvalue weighted by Gasteiger charge is 2.30. The number of sulfonamides is 1. The van der Waals surface area contributed by atoms with Crippen molar-refractivity contribution in [3.8, 4) is 5.75 Å². The summed E-state index contributed by atoms with van der Waals surface area (Å²) in [6, 6.07) is 7.09. The Kier molecular flexibility index (Phi) is 7.06. The first-order valence-electron chi connectivity index (χ1n) is 11.6. The maximum atomic E-state index is 13.2. The molecule has 0 unspecified atom stereocenters. The van der Waals surface area contributed by atoms with Crippen LogP contribution in [0, 0.1) is 13.8 Å². The second-order valence-electron chi connectivity index (χ2n) is 8.71. The van der Waals surface area contributed by atoms with Gasteiger partial charge in [-0.3, -0.25) is 0 Å². The van der Waals surface area contributed by atoms with Crippen molar-refractivity contribution < 1.29 is 13.2 Å². The molecule has 0 radical (unpaired) electrons. The molecule has 4 rings (SSSR count). The Morgan fingerprint density at radius 1 is 0.909 bits per heavy atom. The van der Waals surface area contributed by atoms with Crippen LogP contribution in [0.4, 0.5) is 11.8 Å². The normalized spacial score (nSPS) is 18.5. The Morgan fingerprint density at radius 3 is 2.21 bits per heavy atom. The van der Waals surface area contributed by atoms with Crippen LogP contribution in [-0.4, -0.2) is 93.6 Å². The fraction of sp³-hybridized carbons (Fsp3) is 0.565. The smallest absolute Gasteiger partial charge is 0.243 e. The van der Waals surface area contributed by atoms with Gasteiger partial charge >= 0.3 is 0 Å². The molecular formula is C23H34N6O3S. The van der Waals surface area contributed by atoms with E-state index in [0.29, 0.717) is 49.4 Å². The molecule has 0 aliphatic carbocycles. The van der Waals surface area contributed by atoms with Crippen molar-refractivity contribution in [1.29, 1.82) is 0 Å². The van der Waals surface area contributed by atoms with Gasteiger partial charge in [0.15, 0.2) is 0 Å². The Labute approximate surface area is 197 Å². The van der Waals surface area contributed by atoms with Gasteiger partial charge in [-0.2, -0.15) is 9.29 Å². The molecule has 33 heavy (non-hydrogen) atoms. The highest BCUT2D eigenvalue weighted by Crippen LogP contribution is 2.26. The van der Waals surface area contributed by atoms with Crippen LogP contribution in [0.25, 0.3) is 0 Å². The third-order valence-electron chi connectivity index (χ3n) is 6.26. The van der Waals surface area contributed by atoms with Crippen LogP contribution in [0.15, 0.2) is 29.2 Å². The van der Waals surface area contributed by atoms with Gasteiger partial charge in [-0.25, -0.2) is 13.4 Å². The molecule has 2 fully saturated rings. The van der Waals surface area contributed by atoms with Crippen molar-refractivity contribution in [3.63, 3.8) is 0 Å². The molecule has 1 aromatic carbocycles. The monoisotopic (exact) mass is 474 g/mol. The van der Waals surface area contributed by atoms with Crippen molar-refractivity contribution in [2.75, 3.05) is 75.8 Å². The second-order valence-corrected chi connectivity index (χ2v) is 10.6. The number of ether oxygens (including phenoxy) is 1. The van der Waals surface area contributed by atoms with Crippen LogP contribution in [0.1, 0.15) is 18.2 Å². The number of aromatic nitrogens is 2. The van der Waals surface area contributed by atoms with Gasteiger partial charge in [0.25, 0.3) is 0 Å². The van der Waals surface area contributed by atoms with Gasteiger partial charge in [0.05, 0.1) is 11.5 Å². The number of aryl methyl sites for hydroxylation is 2.